The summed E-state index contributed by atoms with van der Waals surface area (Å²) >= 11 is 0. The van der Waals surface area contributed by atoms with E-state index in [4.69, 9.17) is 23.7 Å². The first-order valence-electron chi connectivity index (χ1n) is 7.91. The minimum Gasteiger partial charge on any atom is -0.455 e. The number of rotatable bonds is 3. The molecule has 0 amide bonds. The molecule has 1 unspecified atom stereocenters. The average molecular weight is 354 g/mol. The lowest BCUT2D eigenvalue weighted by Crippen LogP contribution is -2.62. The number of carbonyl (C=O) groups excluding carboxylic acids is 2. The molecule has 2 heterocycles. The zero-order chi connectivity index (χ0) is 18.0. The third-order valence-electron chi connectivity index (χ3n) is 3.95. The summed E-state index contributed by atoms with van der Waals surface area (Å²) in [4.78, 5) is 22.7. The lowest BCUT2D eigenvalue weighted by atomic mass is 9.97. The van der Waals surface area contributed by atoms with Gasteiger partial charge in [-0.1, -0.05) is 30.3 Å². The van der Waals surface area contributed by atoms with Crippen LogP contribution in [0.15, 0.2) is 30.3 Å². The van der Waals surface area contributed by atoms with Gasteiger partial charge in [0, 0.05) is 19.4 Å². The van der Waals surface area contributed by atoms with E-state index in [0.717, 1.165) is 12.5 Å². The fourth-order valence-corrected chi connectivity index (χ4v) is 2.96. The zero-order valence-corrected chi connectivity index (χ0v) is 13.8. The Labute approximate surface area is 143 Å². The number of hydrogen-bond acceptors (Lipinski definition) is 7. The van der Waals surface area contributed by atoms with Crippen molar-refractivity contribution in [2.24, 2.45) is 0 Å². The van der Waals surface area contributed by atoms with E-state index < -0.39 is 49.0 Å². The lowest BCUT2D eigenvalue weighted by Gasteiger charge is -2.46. The number of carbonyl (C=O) groups is 2. The van der Waals surface area contributed by atoms with E-state index in [1.54, 1.807) is 0 Å². The summed E-state index contributed by atoms with van der Waals surface area (Å²) in [5.41, 5.74) is 0.758. The molecule has 8 heteroatoms. The van der Waals surface area contributed by atoms with Crippen LogP contribution in [0, 0.1) is 0 Å². The minimum atomic E-state index is -1.95. The third-order valence-corrected chi connectivity index (χ3v) is 3.95. The Balaban J connectivity index is 1.84. The number of hydrogen-bond donors (Lipinski definition) is 0. The van der Waals surface area contributed by atoms with Crippen LogP contribution in [0.3, 0.4) is 0 Å². The largest absolute Gasteiger partial charge is 0.455 e. The summed E-state index contributed by atoms with van der Waals surface area (Å²) in [7, 11) is 0. The number of fused-ring (bicyclic) bond motifs is 1. The van der Waals surface area contributed by atoms with Crippen LogP contribution in [0.4, 0.5) is 4.39 Å². The summed E-state index contributed by atoms with van der Waals surface area (Å²) in [6, 6.07) is 9.14. The van der Waals surface area contributed by atoms with Crippen molar-refractivity contribution in [1.29, 1.82) is 0 Å². The molecule has 136 valence electrons. The molecule has 0 saturated carbocycles. The quantitative estimate of drug-likeness (QED) is 0.764. The molecule has 0 spiro atoms. The standard InChI is InChI=1S/C17H19FO7/c1-9(19)22-14-13-12(24-16(18)15(14)23-10(2)20)8-21-17(25-13)11-6-4-3-5-7-11/h3-7,12-17H,8H2,1-2H3/t12-,13+,14+,15-,16+,17?/m1/s1. The fraction of sp³-hybridized carbons (Fsp3) is 0.529. The Morgan fingerprint density at radius 2 is 1.68 bits per heavy atom. The monoisotopic (exact) mass is 354 g/mol. The SMILES string of the molecule is CC(=O)O[C@@H]1[C@@H](OC(C)=O)[C@@H](F)O[C@@H]2COC(c3ccccc3)O[C@H]12. The van der Waals surface area contributed by atoms with Gasteiger partial charge in [0.2, 0.25) is 6.36 Å². The minimum absolute atomic E-state index is 0.0508. The Bertz CT molecular complexity index is 623. The molecule has 0 bridgehead atoms. The van der Waals surface area contributed by atoms with Crippen LogP contribution < -0.4 is 0 Å². The maximum Gasteiger partial charge on any atom is 0.303 e. The lowest BCUT2D eigenvalue weighted by molar-refractivity contribution is -0.344. The predicted octanol–water partition coefficient (Wildman–Crippen LogP) is 1.66. The first-order valence-corrected chi connectivity index (χ1v) is 7.91. The van der Waals surface area contributed by atoms with E-state index in [1.807, 2.05) is 30.3 Å². The van der Waals surface area contributed by atoms with E-state index in [0.29, 0.717) is 0 Å². The molecule has 1 aromatic rings. The van der Waals surface area contributed by atoms with Gasteiger partial charge in [-0.25, -0.2) is 4.39 Å². The molecule has 0 N–H and O–H groups in total. The van der Waals surface area contributed by atoms with Crippen LogP contribution >= 0.6 is 0 Å². The van der Waals surface area contributed by atoms with Crippen molar-refractivity contribution in [3.63, 3.8) is 0 Å². The molecule has 25 heavy (non-hydrogen) atoms. The molecule has 2 fully saturated rings. The smallest absolute Gasteiger partial charge is 0.303 e. The van der Waals surface area contributed by atoms with Gasteiger partial charge >= 0.3 is 11.9 Å². The van der Waals surface area contributed by atoms with Crippen LogP contribution in [0.2, 0.25) is 0 Å². The van der Waals surface area contributed by atoms with Gasteiger partial charge in [-0.2, -0.15) is 0 Å². The predicted molar refractivity (Wildman–Crippen MR) is 80.9 cm³/mol. The second-order valence-corrected chi connectivity index (χ2v) is 5.85. The molecular formula is C17H19FO7. The van der Waals surface area contributed by atoms with Crippen molar-refractivity contribution >= 4 is 11.9 Å². The Morgan fingerprint density at radius 1 is 1.04 bits per heavy atom. The van der Waals surface area contributed by atoms with Gasteiger partial charge in [0.25, 0.3) is 0 Å². The highest BCUT2D eigenvalue weighted by Gasteiger charge is 2.53. The Morgan fingerprint density at radius 3 is 2.32 bits per heavy atom. The molecular weight excluding hydrogens is 335 g/mol. The van der Waals surface area contributed by atoms with E-state index in [9.17, 15) is 14.0 Å². The molecule has 6 atom stereocenters. The number of ether oxygens (including phenoxy) is 5. The van der Waals surface area contributed by atoms with Crippen molar-refractivity contribution in [3.05, 3.63) is 35.9 Å². The number of halogens is 1. The van der Waals surface area contributed by atoms with Crippen LogP contribution in [0.25, 0.3) is 0 Å². The first-order chi connectivity index (χ1) is 12.0. The maximum absolute atomic E-state index is 14.3. The maximum atomic E-state index is 14.3. The van der Waals surface area contributed by atoms with E-state index in [-0.39, 0.29) is 6.61 Å². The molecule has 1 aromatic carbocycles. The zero-order valence-electron chi connectivity index (χ0n) is 13.8. The van der Waals surface area contributed by atoms with Gasteiger partial charge in [-0.3, -0.25) is 9.59 Å². The van der Waals surface area contributed by atoms with Gasteiger partial charge in [0.15, 0.2) is 18.5 Å². The van der Waals surface area contributed by atoms with Crippen LogP contribution in [0.1, 0.15) is 25.7 Å². The van der Waals surface area contributed by atoms with E-state index >= 15 is 0 Å². The third kappa shape index (κ3) is 3.97. The Hall–Kier alpha value is -2.03. The number of esters is 2. The van der Waals surface area contributed by atoms with Crippen molar-refractivity contribution in [2.45, 2.75) is 50.9 Å². The topological polar surface area (TPSA) is 80.3 Å². The van der Waals surface area contributed by atoms with Crippen LogP contribution in [0.5, 0.6) is 0 Å². The summed E-state index contributed by atoms with van der Waals surface area (Å²) in [5.74, 6) is -1.35. The van der Waals surface area contributed by atoms with Crippen LogP contribution in [-0.2, 0) is 33.3 Å². The molecule has 7 nitrogen and oxygen atoms in total. The highest BCUT2D eigenvalue weighted by atomic mass is 19.1. The fourth-order valence-electron chi connectivity index (χ4n) is 2.96. The molecule has 0 aliphatic carbocycles. The summed E-state index contributed by atoms with van der Waals surface area (Å²) in [6.07, 6.45) is -6.83. The summed E-state index contributed by atoms with van der Waals surface area (Å²) in [6.45, 7) is 2.38. The number of benzene rings is 1. The summed E-state index contributed by atoms with van der Waals surface area (Å²) < 4.78 is 41.2. The van der Waals surface area contributed by atoms with Gasteiger partial charge < -0.3 is 23.7 Å². The normalized spacial score (nSPS) is 34.7. The molecule has 0 aromatic heterocycles. The molecule has 2 aliphatic rings. The second kappa shape index (κ2) is 7.47. The highest BCUT2D eigenvalue weighted by Crippen LogP contribution is 2.36. The first kappa shape index (κ1) is 17.8. The number of alkyl halides is 1. The van der Waals surface area contributed by atoms with Crippen LogP contribution in [-0.4, -0.2) is 49.3 Å². The molecule has 2 saturated heterocycles. The molecule has 0 radical (unpaired) electrons. The van der Waals surface area contributed by atoms with Crippen molar-refractivity contribution in [2.75, 3.05) is 6.61 Å². The second-order valence-electron chi connectivity index (χ2n) is 5.85. The van der Waals surface area contributed by atoms with Crippen molar-refractivity contribution < 1.29 is 37.7 Å². The Kier molecular flexibility index (Phi) is 5.31. The average Bonchev–Trinajstić information content (AvgIpc) is 2.58. The van der Waals surface area contributed by atoms with Gasteiger partial charge in [-0.05, 0) is 0 Å². The van der Waals surface area contributed by atoms with Crippen molar-refractivity contribution in [3.8, 4) is 0 Å². The highest BCUT2D eigenvalue weighted by molar-refractivity contribution is 5.67. The summed E-state index contributed by atoms with van der Waals surface area (Å²) in [5, 5.41) is 0. The van der Waals surface area contributed by atoms with Crippen molar-refractivity contribution in [1.82, 2.24) is 0 Å². The molecule has 3 rings (SSSR count). The molecule has 2 aliphatic heterocycles. The van der Waals surface area contributed by atoms with Gasteiger partial charge in [-0.15, -0.1) is 0 Å². The van der Waals surface area contributed by atoms with E-state index in [2.05, 4.69) is 0 Å². The van der Waals surface area contributed by atoms with Gasteiger partial charge in [0.05, 0.1) is 6.61 Å². The van der Waals surface area contributed by atoms with E-state index in [1.165, 1.54) is 6.92 Å². The van der Waals surface area contributed by atoms with Gasteiger partial charge in [0.1, 0.15) is 12.2 Å².